The highest BCUT2D eigenvalue weighted by atomic mass is 35.5. The second-order valence-electron chi connectivity index (χ2n) is 5.66. The van der Waals surface area contributed by atoms with Crippen molar-refractivity contribution in [2.45, 2.75) is 18.9 Å². The van der Waals surface area contributed by atoms with E-state index in [0.29, 0.717) is 21.9 Å². The standard InChI is InChI=1S/C19H17ClO5/c20-15-4-1-3-14(11-15)19(22)25-16-8-6-13(7-9-16)18(21)24-12-17-5-2-10-23-17/h1,3-4,6-9,11,17H,2,5,10,12H2. The molecule has 0 amide bonds. The van der Waals surface area contributed by atoms with E-state index < -0.39 is 11.9 Å². The van der Waals surface area contributed by atoms with Gasteiger partial charge >= 0.3 is 11.9 Å². The number of carbonyl (C=O) groups is 2. The van der Waals surface area contributed by atoms with Gasteiger partial charge in [0.1, 0.15) is 12.4 Å². The maximum atomic E-state index is 12.0. The van der Waals surface area contributed by atoms with Gasteiger partial charge in [0, 0.05) is 11.6 Å². The Morgan fingerprint density at radius 2 is 1.88 bits per heavy atom. The van der Waals surface area contributed by atoms with E-state index in [4.69, 9.17) is 25.8 Å². The molecule has 0 aromatic heterocycles. The lowest BCUT2D eigenvalue weighted by Gasteiger charge is -2.10. The maximum absolute atomic E-state index is 12.0. The highest BCUT2D eigenvalue weighted by molar-refractivity contribution is 6.30. The van der Waals surface area contributed by atoms with Crippen LogP contribution in [0.3, 0.4) is 0 Å². The van der Waals surface area contributed by atoms with Crippen LogP contribution < -0.4 is 4.74 Å². The average molecular weight is 361 g/mol. The van der Waals surface area contributed by atoms with Crippen LogP contribution in [0.15, 0.2) is 48.5 Å². The van der Waals surface area contributed by atoms with Gasteiger partial charge in [-0.1, -0.05) is 17.7 Å². The van der Waals surface area contributed by atoms with Gasteiger partial charge in [0.25, 0.3) is 0 Å². The van der Waals surface area contributed by atoms with Gasteiger partial charge in [-0.25, -0.2) is 9.59 Å². The number of esters is 2. The molecule has 5 nitrogen and oxygen atoms in total. The van der Waals surface area contributed by atoms with E-state index in [1.807, 2.05) is 0 Å². The van der Waals surface area contributed by atoms with Crippen LogP contribution in [-0.2, 0) is 9.47 Å². The van der Waals surface area contributed by atoms with E-state index >= 15 is 0 Å². The Labute approximate surface area is 150 Å². The van der Waals surface area contributed by atoms with Crippen molar-refractivity contribution < 1.29 is 23.8 Å². The summed E-state index contributed by atoms with van der Waals surface area (Å²) in [4.78, 5) is 24.0. The van der Waals surface area contributed by atoms with Gasteiger partial charge in [0.05, 0.1) is 17.2 Å². The summed E-state index contributed by atoms with van der Waals surface area (Å²) < 4.78 is 15.9. The second kappa shape index (κ2) is 8.14. The van der Waals surface area contributed by atoms with E-state index in [0.717, 1.165) is 19.4 Å². The number of halogens is 1. The minimum atomic E-state index is -0.517. The van der Waals surface area contributed by atoms with E-state index in [9.17, 15) is 9.59 Å². The molecule has 1 heterocycles. The Hall–Kier alpha value is -2.37. The van der Waals surface area contributed by atoms with Crippen molar-refractivity contribution in [1.82, 2.24) is 0 Å². The third-order valence-corrected chi connectivity index (χ3v) is 4.02. The summed E-state index contributed by atoms with van der Waals surface area (Å²) in [6, 6.07) is 12.7. The molecule has 3 rings (SSSR count). The van der Waals surface area contributed by atoms with Crippen LogP contribution in [0.5, 0.6) is 5.75 Å². The molecule has 1 aliphatic heterocycles. The largest absolute Gasteiger partial charge is 0.459 e. The monoisotopic (exact) mass is 360 g/mol. The molecule has 0 bridgehead atoms. The molecule has 0 saturated carbocycles. The van der Waals surface area contributed by atoms with E-state index in [-0.39, 0.29) is 12.7 Å². The van der Waals surface area contributed by atoms with Gasteiger partial charge < -0.3 is 14.2 Å². The molecule has 0 radical (unpaired) electrons. The zero-order chi connectivity index (χ0) is 17.6. The number of benzene rings is 2. The molecule has 130 valence electrons. The molecule has 0 N–H and O–H groups in total. The van der Waals surface area contributed by atoms with Gasteiger partial charge in [-0.15, -0.1) is 0 Å². The molecule has 25 heavy (non-hydrogen) atoms. The minimum absolute atomic E-state index is 0.0122. The molecule has 1 aliphatic rings. The Bertz CT molecular complexity index is 751. The molecule has 1 atom stereocenters. The van der Waals surface area contributed by atoms with E-state index in [2.05, 4.69) is 0 Å². The van der Waals surface area contributed by atoms with Crippen LogP contribution in [0.4, 0.5) is 0 Å². The molecule has 1 unspecified atom stereocenters. The minimum Gasteiger partial charge on any atom is -0.459 e. The molecular formula is C19H17ClO5. The molecule has 1 saturated heterocycles. The van der Waals surface area contributed by atoms with Crippen LogP contribution >= 0.6 is 11.6 Å². The van der Waals surface area contributed by atoms with Crippen LogP contribution in [0, 0.1) is 0 Å². The fourth-order valence-corrected chi connectivity index (χ4v) is 2.66. The maximum Gasteiger partial charge on any atom is 0.343 e. The lowest BCUT2D eigenvalue weighted by molar-refractivity contribution is 0.0161. The van der Waals surface area contributed by atoms with Crippen molar-refractivity contribution in [3.8, 4) is 5.75 Å². The summed E-state index contributed by atoms with van der Waals surface area (Å²) in [5, 5.41) is 0.457. The van der Waals surface area contributed by atoms with Gasteiger partial charge in [-0.2, -0.15) is 0 Å². The summed E-state index contributed by atoms with van der Waals surface area (Å²) in [7, 11) is 0. The fourth-order valence-electron chi connectivity index (χ4n) is 2.47. The number of carbonyl (C=O) groups excluding carboxylic acids is 2. The van der Waals surface area contributed by atoms with Gasteiger partial charge in [-0.05, 0) is 55.3 Å². The molecule has 2 aromatic carbocycles. The topological polar surface area (TPSA) is 61.8 Å². The summed E-state index contributed by atoms with van der Waals surface area (Å²) in [6.45, 7) is 0.971. The van der Waals surface area contributed by atoms with Gasteiger partial charge in [-0.3, -0.25) is 0 Å². The van der Waals surface area contributed by atoms with Crippen LogP contribution in [-0.4, -0.2) is 31.3 Å². The third-order valence-electron chi connectivity index (χ3n) is 3.79. The zero-order valence-electron chi connectivity index (χ0n) is 13.4. The van der Waals surface area contributed by atoms with Crippen molar-refractivity contribution in [2.24, 2.45) is 0 Å². The van der Waals surface area contributed by atoms with Gasteiger partial charge in [0.15, 0.2) is 0 Å². The quantitative estimate of drug-likeness (QED) is 0.598. The Morgan fingerprint density at radius 1 is 1.08 bits per heavy atom. The van der Waals surface area contributed by atoms with Crippen molar-refractivity contribution in [3.05, 3.63) is 64.7 Å². The van der Waals surface area contributed by atoms with Gasteiger partial charge in [0.2, 0.25) is 0 Å². The molecule has 2 aromatic rings. The first-order chi connectivity index (χ1) is 12.1. The first-order valence-corrected chi connectivity index (χ1v) is 8.36. The van der Waals surface area contributed by atoms with Crippen molar-refractivity contribution in [1.29, 1.82) is 0 Å². The SMILES string of the molecule is O=C(OCC1CCCO1)c1ccc(OC(=O)c2cccc(Cl)c2)cc1. The van der Waals surface area contributed by atoms with Crippen LogP contribution in [0.1, 0.15) is 33.6 Å². The first-order valence-electron chi connectivity index (χ1n) is 7.98. The number of hydrogen-bond donors (Lipinski definition) is 0. The van der Waals surface area contributed by atoms with E-state index in [1.54, 1.807) is 42.5 Å². The smallest absolute Gasteiger partial charge is 0.343 e. The average Bonchev–Trinajstić information content (AvgIpc) is 3.14. The van der Waals surface area contributed by atoms with Crippen molar-refractivity contribution >= 4 is 23.5 Å². The Kier molecular flexibility index (Phi) is 5.68. The molecular weight excluding hydrogens is 344 g/mol. The molecule has 6 heteroatoms. The van der Waals surface area contributed by atoms with Crippen molar-refractivity contribution in [3.63, 3.8) is 0 Å². The molecule has 0 spiro atoms. The van der Waals surface area contributed by atoms with Crippen LogP contribution in [0.2, 0.25) is 5.02 Å². The number of hydrogen-bond acceptors (Lipinski definition) is 5. The summed E-state index contributed by atoms with van der Waals surface area (Å²) in [5.74, 6) is -0.611. The normalized spacial score (nSPS) is 16.4. The Balaban J connectivity index is 1.56. The zero-order valence-corrected chi connectivity index (χ0v) is 14.2. The number of rotatable bonds is 5. The molecule has 1 fully saturated rings. The lowest BCUT2D eigenvalue weighted by atomic mass is 10.2. The van der Waals surface area contributed by atoms with Crippen LogP contribution in [0.25, 0.3) is 0 Å². The van der Waals surface area contributed by atoms with Crippen molar-refractivity contribution in [2.75, 3.05) is 13.2 Å². The fraction of sp³-hybridized carbons (Fsp3) is 0.263. The second-order valence-corrected chi connectivity index (χ2v) is 6.09. The Morgan fingerprint density at radius 3 is 2.56 bits per heavy atom. The summed E-state index contributed by atoms with van der Waals surface area (Å²) in [5.41, 5.74) is 0.744. The lowest BCUT2D eigenvalue weighted by Crippen LogP contribution is -2.17. The highest BCUT2D eigenvalue weighted by Gasteiger charge is 2.18. The summed E-state index contributed by atoms with van der Waals surface area (Å²) >= 11 is 5.86. The molecule has 0 aliphatic carbocycles. The first kappa shape index (κ1) is 17.5. The van der Waals surface area contributed by atoms with E-state index in [1.165, 1.54) is 6.07 Å². The highest BCUT2D eigenvalue weighted by Crippen LogP contribution is 2.18. The third kappa shape index (κ3) is 4.81. The predicted molar refractivity (Wildman–Crippen MR) is 92.1 cm³/mol. The predicted octanol–water partition coefficient (Wildman–Crippen LogP) is 3.90. The number of ether oxygens (including phenoxy) is 3. The summed E-state index contributed by atoms with van der Waals surface area (Å²) in [6.07, 6.45) is 1.89.